The van der Waals surface area contributed by atoms with Crippen LogP contribution in [0.25, 0.3) is 0 Å². The van der Waals surface area contributed by atoms with Crippen molar-refractivity contribution in [2.24, 2.45) is 0 Å². The SMILES string of the molecule is [CH2]CC(NC(=O)c1ccccc1)N(C)C. The van der Waals surface area contributed by atoms with E-state index >= 15 is 0 Å². The molecule has 1 amide bonds. The first kappa shape index (κ1) is 11.7. The molecule has 3 nitrogen and oxygen atoms in total. The van der Waals surface area contributed by atoms with Crippen molar-refractivity contribution >= 4 is 5.91 Å². The molecular weight excluding hydrogens is 188 g/mol. The lowest BCUT2D eigenvalue weighted by Gasteiger charge is -2.23. The van der Waals surface area contributed by atoms with Crippen molar-refractivity contribution in [3.63, 3.8) is 0 Å². The molecule has 3 heteroatoms. The van der Waals surface area contributed by atoms with Gasteiger partial charge in [0.2, 0.25) is 0 Å². The van der Waals surface area contributed by atoms with Crippen molar-refractivity contribution < 1.29 is 4.79 Å². The minimum Gasteiger partial charge on any atom is -0.337 e. The van der Waals surface area contributed by atoms with Crippen LogP contribution in [0.1, 0.15) is 16.8 Å². The zero-order valence-electron chi connectivity index (χ0n) is 9.23. The Hall–Kier alpha value is -1.35. The molecule has 81 valence electrons. The molecule has 0 aliphatic carbocycles. The van der Waals surface area contributed by atoms with E-state index in [9.17, 15) is 4.79 Å². The van der Waals surface area contributed by atoms with E-state index in [0.29, 0.717) is 12.0 Å². The van der Waals surface area contributed by atoms with Crippen LogP contribution < -0.4 is 5.32 Å². The highest BCUT2D eigenvalue weighted by atomic mass is 16.1. The maximum absolute atomic E-state index is 11.8. The Kier molecular flexibility index (Phi) is 4.31. The second kappa shape index (κ2) is 5.51. The van der Waals surface area contributed by atoms with Gasteiger partial charge in [0.1, 0.15) is 0 Å². The molecule has 0 aromatic heterocycles. The van der Waals surface area contributed by atoms with Gasteiger partial charge in [-0.1, -0.05) is 18.2 Å². The first-order valence-electron chi connectivity index (χ1n) is 4.96. The Balaban J connectivity index is 2.63. The molecule has 0 saturated heterocycles. The number of nitrogens with zero attached hydrogens (tertiary/aromatic N) is 1. The average molecular weight is 205 g/mol. The molecule has 1 rings (SSSR count). The van der Waals surface area contributed by atoms with Crippen LogP contribution in [0.3, 0.4) is 0 Å². The van der Waals surface area contributed by atoms with Crippen molar-refractivity contribution in [1.29, 1.82) is 0 Å². The molecule has 15 heavy (non-hydrogen) atoms. The topological polar surface area (TPSA) is 32.3 Å². The van der Waals surface area contributed by atoms with Crippen molar-refractivity contribution in [3.8, 4) is 0 Å². The maximum atomic E-state index is 11.8. The molecule has 0 spiro atoms. The molecule has 1 aromatic carbocycles. The normalized spacial score (nSPS) is 12.5. The summed E-state index contributed by atoms with van der Waals surface area (Å²) >= 11 is 0. The molecule has 0 bridgehead atoms. The van der Waals surface area contributed by atoms with E-state index in [-0.39, 0.29) is 12.1 Å². The zero-order valence-corrected chi connectivity index (χ0v) is 9.23. The molecule has 1 N–H and O–H groups in total. The van der Waals surface area contributed by atoms with Gasteiger partial charge < -0.3 is 5.32 Å². The van der Waals surface area contributed by atoms with Gasteiger partial charge in [0.05, 0.1) is 6.17 Å². The maximum Gasteiger partial charge on any atom is 0.252 e. The smallest absolute Gasteiger partial charge is 0.252 e. The average Bonchev–Trinajstić information content (AvgIpc) is 2.26. The highest BCUT2D eigenvalue weighted by Gasteiger charge is 2.12. The Morgan fingerprint density at radius 2 is 2.00 bits per heavy atom. The fourth-order valence-corrected chi connectivity index (χ4v) is 1.28. The molecule has 1 radical (unpaired) electrons. The monoisotopic (exact) mass is 205 g/mol. The van der Waals surface area contributed by atoms with E-state index in [1.807, 2.05) is 37.2 Å². The predicted octanol–water partition coefficient (Wildman–Crippen LogP) is 1.53. The zero-order chi connectivity index (χ0) is 11.3. The molecule has 0 aliphatic rings. The van der Waals surface area contributed by atoms with Gasteiger partial charge in [0, 0.05) is 5.56 Å². The lowest BCUT2D eigenvalue weighted by atomic mass is 10.2. The van der Waals surface area contributed by atoms with Crippen LogP contribution in [0.2, 0.25) is 0 Å². The Morgan fingerprint density at radius 3 is 2.47 bits per heavy atom. The van der Waals surface area contributed by atoms with Crippen LogP contribution in [-0.4, -0.2) is 31.1 Å². The van der Waals surface area contributed by atoms with E-state index in [1.54, 1.807) is 12.1 Å². The van der Waals surface area contributed by atoms with Gasteiger partial charge in [-0.3, -0.25) is 9.69 Å². The Morgan fingerprint density at radius 1 is 1.40 bits per heavy atom. The van der Waals surface area contributed by atoms with Gasteiger partial charge in [-0.05, 0) is 39.6 Å². The number of carbonyl (C=O) groups is 1. The van der Waals surface area contributed by atoms with E-state index in [2.05, 4.69) is 12.2 Å². The molecule has 0 fully saturated rings. The number of rotatable bonds is 4. The molecule has 0 aliphatic heterocycles. The van der Waals surface area contributed by atoms with Crippen LogP contribution in [0.4, 0.5) is 0 Å². The predicted molar refractivity (Wildman–Crippen MR) is 61.4 cm³/mol. The van der Waals surface area contributed by atoms with Crippen LogP contribution in [0, 0.1) is 6.92 Å². The molecular formula is C12H17N2O. The van der Waals surface area contributed by atoms with Gasteiger partial charge >= 0.3 is 0 Å². The molecule has 1 atom stereocenters. The molecule has 1 unspecified atom stereocenters. The third-order valence-corrected chi connectivity index (χ3v) is 2.23. The Bertz CT molecular complexity index is 309. The molecule has 1 aromatic rings. The minimum atomic E-state index is -0.0575. The molecule has 0 heterocycles. The first-order chi connectivity index (χ1) is 7.15. The lowest BCUT2D eigenvalue weighted by molar-refractivity contribution is 0.0891. The number of nitrogens with one attached hydrogen (secondary N) is 1. The van der Waals surface area contributed by atoms with Gasteiger partial charge in [-0.25, -0.2) is 0 Å². The Labute approximate surface area is 91.1 Å². The van der Waals surface area contributed by atoms with E-state index in [4.69, 9.17) is 0 Å². The molecule has 0 saturated carbocycles. The van der Waals surface area contributed by atoms with E-state index in [0.717, 1.165) is 0 Å². The summed E-state index contributed by atoms with van der Waals surface area (Å²) in [6.45, 7) is 3.80. The highest BCUT2D eigenvalue weighted by molar-refractivity contribution is 5.94. The number of carbonyl (C=O) groups excluding carboxylic acids is 1. The van der Waals surface area contributed by atoms with Gasteiger partial charge in [-0.2, -0.15) is 0 Å². The van der Waals surface area contributed by atoms with Gasteiger partial charge in [-0.15, -0.1) is 0 Å². The minimum absolute atomic E-state index is 0.0160. The fourth-order valence-electron chi connectivity index (χ4n) is 1.28. The van der Waals surface area contributed by atoms with Crippen molar-refractivity contribution in [1.82, 2.24) is 10.2 Å². The van der Waals surface area contributed by atoms with Crippen LogP contribution in [0.15, 0.2) is 30.3 Å². The summed E-state index contributed by atoms with van der Waals surface area (Å²) < 4.78 is 0. The van der Waals surface area contributed by atoms with Crippen LogP contribution >= 0.6 is 0 Å². The number of hydrogen-bond donors (Lipinski definition) is 1. The highest BCUT2D eigenvalue weighted by Crippen LogP contribution is 2.01. The second-order valence-electron chi connectivity index (χ2n) is 3.61. The van der Waals surface area contributed by atoms with Crippen molar-refractivity contribution in [2.45, 2.75) is 12.6 Å². The van der Waals surface area contributed by atoms with Gasteiger partial charge in [0.25, 0.3) is 5.91 Å². The van der Waals surface area contributed by atoms with Crippen molar-refractivity contribution in [2.75, 3.05) is 14.1 Å². The number of amides is 1. The third kappa shape index (κ3) is 3.36. The van der Waals surface area contributed by atoms with Gasteiger partial charge in [0.15, 0.2) is 0 Å². The third-order valence-electron chi connectivity index (χ3n) is 2.23. The standard InChI is InChI=1S/C12H17N2O/c1-4-11(14(2)3)13-12(15)10-8-6-5-7-9-10/h5-9,11H,1,4H2,2-3H3,(H,13,15). The summed E-state index contributed by atoms with van der Waals surface area (Å²) in [7, 11) is 3.84. The summed E-state index contributed by atoms with van der Waals surface area (Å²) in [6.07, 6.45) is 0.628. The number of hydrogen-bond acceptors (Lipinski definition) is 2. The first-order valence-corrected chi connectivity index (χ1v) is 4.96. The quantitative estimate of drug-likeness (QED) is 0.756. The summed E-state index contributed by atoms with van der Waals surface area (Å²) in [6, 6.07) is 9.19. The lowest BCUT2D eigenvalue weighted by Crippen LogP contribution is -2.44. The van der Waals surface area contributed by atoms with Crippen molar-refractivity contribution in [3.05, 3.63) is 42.8 Å². The number of benzene rings is 1. The van der Waals surface area contributed by atoms with E-state index < -0.39 is 0 Å². The summed E-state index contributed by atoms with van der Waals surface area (Å²) in [4.78, 5) is 13.7. The second-order valence-corrected chi connectivity index (χ2v) is 3.61. The summed E-state index contributed by atoms with van der Waals surface area (Å²) in [5.41, 5.74) is 0.679. The van der Waals surface area contributed by atoms with Crippen LogP contribution in [-0.2, 0) is 0 Å². The van der Waals surface area contributed by atoms with Crippen LogP contribution in [0.5, 0.6) is 0 Å². The largest absolute Gasteiger partial charge is 0.337 e. The van der Waals surface area contributed by atoms with E-state index in [1.165, 1.54) is 0 Å². The fraction of sp³-hybridized carbons (Fsp3) is 0.333. The summed E-state index contributed by atoms with van der Waals surface area (Å²) in [5, 5.41) is 2.91. The summed E-state index contributed by atoms with van der Waals surface area (Å²) in [5.74, 6) is -0.0575.